The summed E-state index contributed by atoms with van der Waals surface area (Å²) in [6.45, 7) is 33.0. The summed E-state index contributed by atoms with van der Waals surface area (Å²) in [4.78, 5) is 8.22. The molecule has 5 nitrogen and oxygen atoms in total. The zero-order valence-electron chi connectivity index (χ0n) is 34.6. The first kappa shape index (κ1) is 35.8. The van der Waals surface area contributed by atoms with E-state index in [0.717, 1.165) is 5.75 Å². The summed E-state index contributed by atoms with van der Waals surface area (Å²) in [5.74, 6) is 1.33. The van der Waals surface area contributed by atoms with Crippen LogP contribution in [-0.2, 0) is 16.4 Å². The summed E-state index contributed by atoms with van der Waals surface area (Å²) in [5.41, 5.74) is 7.88. The van der Waals surface area contributed by atoms with Crippen LogP contribution in [0.2, 0.25) is 0 Å². The summed E-state index contributed by atoms with van der Waals surface area (Å²) in [6.07, 6.45) is 6.83. The second-order valence-electron chi connectivity index (χ2n) is 19.3. The van der Waals surface area contributed by atoms with Gasteiger partial charge in [-0.15, -0.1) is 0 Å². The third kappa shape index (κ3) is 4.84. The molecule has 0 bridgehead atoms. The first-order chi connectivity index (χ1) is 24.8. The van der Waals surface area contributed by atoms with Gasteiger partial charge in [0.05, 0.1) is 0 Å². The number of ether oxygens (including phenoxy) is 1. The Morgan fingerprint density at radius 2 is 1.34 bits per heavy atom. The Labute approximate surface area is 317 Å². The first-order valence-corrected chi connectivity index (χ1v) is 19.9. The Kier molecular flexibility index (Phi) is 7.84. The summed E-state index contributed by atoms with van der Waals surface area (Å²) in [6, 6.07) is 23.2. The van der Waals surface area contributed by atoms with Crippen molar-refractivity contribution < 1.29 is 13.9 Å². The highest BCUT2D eigenvalue weighted by Crippen LogP contribution is 2.56. The van der Waals surface area contributed by atoms with Crippen molar-refractivity contribution in [1.29, 1.82) is 0 Å². The van der Waals surface area contributed by atoms with Gasteiger partial charge in [0.2, 0.25) is 12.1 Å². The Balaban J connectivity index is 1.53. The molecule has 0 spiro atoms. The standard InChI is InChI=1S/C48H60N4O/c1-28(2)31-25-50(29(3)4)47(13)40-34-21-17-15-19-32(34)38(45(7,8)9)23-36(40)42-44-41(49-27-52(42)48(47,14)51(26-31)30(5)6)37-24-39(46(10,11)12)33-20-16-18-22-35(33)43(37)53-44/h15-30,41,44H,1-14H3/q+2. The zero-order valence-corrected chi connectivity index (χ0v) is 34.6. The minimum Gasteiger partial charge on any atom is -0.476 e. The van der Waals surface area contributed by atoms with Gasteiger partial charge in [0.1, 0.15) is 5.75 Å². The number of fused-ring (bicyclic) bond motifs is 13. The van der Waals surface area contributed by atoms with E-state index < -0.39 is 11.2 Å². The van der Waals surface area contributed by atoms with E-state index in [-0.39, 0.29) is 35.1 Å². The molecule has 0 saturated carbocycles. The van der Waals surface area contributed by atoms with Crippen LogP contribution < -0.4 is 4.74 Å². The van der Waals surface area contributed by atoms with Gasteiger partial charge in [0, 0.05) is 46.8 Å². The monoisotopic (exact) mass is 708 g/mol. The average molecular weight is 709 g/mol. The molecule has 0 aromatic heterocycles. The van der Waals surface area contributed by atoms with Crippen LogP contribution in [0, 0.1) is 5.92 Å². The van der Waals surface area contributed by atoms with Gasteiger partial charge in [-0.1, -0.05) is 109 Å². The molecule has 0 aliphatic carbocycles. The second kappa shape index (κ2) is 11.6. The van der Waals surface area contributed by atoms with Crippen LogP contribution in [0.3, 0.4) is 0 Å². The number of aliphatic imine (C=N–C) groups is 1. The number of hydrogen-bond donors (Lipinski definition) is 0. The maximum atomic E-state index is 7.43. The van der Waals surface area contributed by atoms with Crippen molar-refractivity contribution in [3.63, 3.8) is 0 Å². The predicted molar refractivity (Wildman–Crippen MR) is 222 cm³/mol. The molecule has 0 radical (unpaired) electrons. The van der Waals surface area contributed by atoms with Crippen molar-refractivity contribution in [1.82, 2.24) is 4.90 Å². The number of benzene rings is 4. The lowest BCUT2D eigenvalue weighted by molar-refractivity contribution is -0.810. The summed E-state index contributed by atoms with van der Waals surface area (Å²) < 4.78 is 12.6. The fraction of sp³-hybridized carbons (Fsp3) is 0.479. The van der Waals surface area contributed by atoms with Crippen LogP contribution in [0.4, 0.5) is 0 Å². The third-order valence-corrected chi connectivity index (χ3v) is 12.9. The van der Waals surface area contributed by atoms with Crippen LogP contribution in [0.15, 0.2) is 77.4 Å². The minimum absolute atomic E-state index is 0.0348. The molecule has 4 aromatic carbocycles. The van der Waals surface area contributed by atoms with Crippen molar-refractivity contribution in [2.24, 2.45) is 10.9 Å². The van der Waals surface area contributed by atoms with Gasteiger partial charge >= 0.3 is 5.66 Å². The van der Waals surface area contributed by atoms with Crippen molar-refractivity contribution in [2.45, 2.75) is 143 Å². The Hall–Kier alpha value is -4.25. The Morgan fingerprint density at radius 1 is 0.774 bits per heavy atom. The molecule has 4 aliphatic rings. The molecule has 53 heavy (non-hydrogen) atoms. The van der Waals surface area contributed by atoms with E-state index >= 15 is 0 Å². The highest BCUT2D eigenvalue weighted by Gasteiger charge is 2.70. The van der Waals surface area contributed by atoms with Crippen LogP contribution in [0.25, 0.3) is 21.5 Å². The van der Waals surface area contributed by atoms with E-state index in [9.17, 15) is 0 Å². The molecule has 0 saturated heterocycles. The number of allylic oxidation sites excluding steroid dienone is 1. The van der Waals surface area contributed by atoms with Crippen molar-refractivity contribution in [2.75, 3.05) is 0 Å². The Bertz CT molecular complexity index is 2320. The van der Waals surface area contributed by atoms with Gasteiger partial charge in [-0.2, -0.15) is 9.15 Å². The lowest BCUT2D eigenvalue weighted by atomic mass is 9.67. The van der Waals surface area contributed by atoms with Gasteiger partial charge in [-0.3, -0.25) is 0 Å². The normalized spacial score (nSPS) is 25.3. The highest BCUT2D eigenvalue weighted by molar-refractivity contribution is 6.11. The maximum Gasteiger partial charge on any atom is 0.328 e. The van der Waals surface area contributed by atoms with E-state index in [1.807, 2.05) is 0 Å². The molecule has 4 aromatic rings. The smallest absolute Gasteiger partial charge is 0.328 e. The topological polar surface area (TPSA) is 30.9 Å². The largest absolute Gasteiger partial charge is 0.476 e. The molecule has 4 unspecified atom stereocenters. The zero-order chi connectivity index (χ0) is 38.2. The van der Waals surface area contributed by atoms with Crippen molar-refractivity contribution >= 4 is 39.8 Å². The first-order valence-electron chi connectivity index (χ1n) is 19.9. The van der Waals surface area contributed by atoms with Gasteiger partial charge in [-0.05, 0) is 90.8 Å². The number of rotatable bonds is 3. The number of nitrogens with zero attached hydrogens (tertiary/aromatic N) is 4. The molecule has 5 heteroatoms. The lowest BCUT2D eigenvalue weighted by Gasteiger charge is -2.53. The van der Waals surface area contributed by atoms with Crippen molar-refractivity contribution in [3.05, 3.63) is 100 Å². The van der Waals surface area contributed by atoms with Gasteiger partial charge in [-0.25, -0.2) is 0 Å². The highest BCUT2D eigenvalue weighted by atomic mass is 16.5. The van der Waals surface area contributed by atoms with E-state index in [2.05, 4.69) is 190 Å². The molecule has 0 N–H and O–H groups in total. The second-order valence-corrected chi connectivity index (χ2v) is 19.3. The fourth-order valence-electron chi connectivity index (χ4n) is 10.2. The van der Waals surface area contributed by atoms with Gasteiger partial charge in [0.15, 0.2) is 23.5 Å². The molecule has 0 amide bonds. The predicted octanol–water partition coefficient (Wildman–Crippen LogP) is 10.6. The van der Waals surface area contributed by atoms with E-state index in [0.29, 0.717) is 5.92 Å². The quantitative estimate of drug-likeness (QED) is 0.198. The molecule has 4 atom stereocenters. The van der Waals surface area contributed by atoms with Gasteiger partial charge in [0.25, 0.3) is 6.34 Å². The minimum atomic E-state index is -0.585. The summed E-state index contributed by atoms with van der Waals surface area (Å²) >= 11 is 0. The SMILES string of the molecule is CC(C)C1=CN(C(C)C)C2(C)c3c(cc(C(C)(C)C)c4ccccc34)C3=[N+](C=NC4c5cc(C(C)(C)C)c6ccccc6c5OC34)C2(C)[N+](C(C)C)=C1. The van der Waals surface area contributed by atoms with Gasteiger partial charge < -0.3 is 9.64 Å². The molecule has 4 heterocycles. The maximum absolute atomic E-state index is 7.43. The average Bonchev–Trinajstić information content (AvgIpc) is 3.42. The molecule has 276 valence electrons. The lowest BCUT2D eigenvalue weighted by Crippen LogP contribution is -2.73. The molecular formula is C48H60N4O+2. The molecule has 0 fully saturated rings. The third-order valence-electron chi connectivity index (χ3n) is 12.9. The fourth-order valence-corrected chi connectivity index (χ4v) is 10.2. The molecule has 8 rings (SSSR count). The van der Waals surface area contributed by atoms with Crippen LogP contribution in [0.5, 0.6) is 5.75 Å². The van der Waals surface area contributed by atoms with E-state index in [4.69, 9.17) is 9.73 Å². The van der Waals surface area contributed by atoms with Crippen LogP contribution in [-0.4, -0.2) is 56.2 Å². The Morgan fingerprint density at radius 3 is 1.91 bits per heavy atom. The number of hydrogen-bond acceptors (Lipinski definition) is 3. The molecular weight excluding hydrogens is 649 g/mol. The van der Waals surface area contributed by atoms with Crippen molar-refractivity contribution in [3.8, 4) is 5.75 Å². The van der Waals surface area contributed by atoms with E-state index in [1.54, 1.807) is 0 Å². The summed E-state index contributed by atoms with van der Waals surface area (Å²) in [7, 11) is 0. The van der Waals surface area contributed by atoms with Crippen LogP contribution in [0.1, 0.15) is 131 Å². The van der Waals surface area contributed by atoms with E-state index in [1.165, 1.54) is 60.6 Å². The van der Waals surface area contributed by atoms with Crippen LogP contribution >= 0.6 is 0 Å². The molecule has 4 aliphatic heterocycles. The summed E-state index contributed by atoms with van der Waals surface area (Å²) in [5, 5.41) is 5.09.